The fraction of sp³-hybridized carbons (Fsp3) is 0.375. The Balaban J connectivity index is 1.94. The third kappa shape index (κ3) is 2.83. The Kier molecular flexibility index (Phi) is 4.01. The first kappa shape index (κ1) is 13.8. The van der Waals surface area contributed by atoms with Crippen molar-refractivity contribution in [3.63, 3.8) is 0 Å². The van der Waals surface area contributed by atoms with Crippen LogP contribution in [0.4, 0.5) is 0 Å². The van der Waals surface area contributed by atoms with E-state index in [2.05, 4.69) is 57.4 Å². The van der Waals surface area contributed by atoms with Gasteiger partial charge in [0.2, 0.25) is 5.89 Å². The summed E-state index contributed by atoms with van der Waals surface area (Å²) in [6.45, 7) is 6.57. The molecule has 0 amide bonds. The first-order valence-corrected chi connectivity index (χ1v) is 7.40. The van der Waals surface area contributed by atoms with Crippen molar-refractivity contribution in [1.82, 2.24) is 20.0 Å². The van der Waals surface area contributed by atoms with Crippen LogP contribution in [-0.2, 0) is 19.5 Å². The third-order valence-electron chi connectivity index (χ3n) is 3.57. The number of fused-ring (bicyclic) bond motifs is 1. The van der Waals surface area contributed by atoms with E-state index in [9.17, 15) is 0 Å². The second kappa shape index (κ2) is 6.10. The minimum atomic E-state index is 0.611. The smallest absolute Gasteiger partial charge is 0.246 e. The third-order valence-corrected chi connectivity index (χ3v) is 3.57. The molecule has 0 saturated heterocycles. The zero-order valence-electron chi connectivity index (χ0n) is 12.5. The van der Waals surface area contributed by atoms with Crippen LogP contribution in [0.3, 0.4) is 0 Å². The molecule has 21 heavy (non-hydrogen) atoms. The molecule has 0 unspecified atom stereocenters. The van der Waals surface area contributed by atoms with Crippen molar-refractivity contribution in [2.75, 3.05) is 6.54 Å². The Morgan fingerprint density at radius 3 is 2.90 bits per heavy atom. The molecule has 0 aliphatic carbocycles. The van der Waals surface area contributed by atoms with Gasteiger partial charge in [0.25, 0.3) is 0 Å². The van der Waals surface area contributed by atoms with Crippen molar-refractivity contribution < 1.29 is 4.52 Å². The highest BCUT2D eigenvalue weighted by Crippen LogP contribution is 2.21. The molecule has 0 aliphatic heterocycles. The number of hydrogen-bond acceptors (Lipinski definition) is 4. The zero-order valence-corrected chi connectivity index (χ0v) is 12.5. The first-order valence-electron chi connectivity index (χ1n) is 7.40. The van der Waals surface area contributed by atoms with Crippen LogP contribution in [-0.4, -0.2) is 21.3 Å². The number of nitrogens with zero attached hydrogens (tertiary/aromatic N) is 3. The Morgan fingerprint density at radius 2 is 2.14 bits per heavy atom. The van der Waals surface area contributed by atoms with Gasteiger partial charge in [0.15, 0.2) is 5.82 Å². The van der Waals surface area contributed by atoms with Crippen LogP contribution in [0.15, 0.2) is 35.0 Å². The highest BCUT2D eigenvalue weighted by Gasteiger charge is 2.10. The second-order valence-corrected chi connectivity index (χ2v) is 5.04. The summed E-state index contributed by atoms with van der Waals surface area (Å²) in [4.78, 5) is 4.39. The number of aryl methyl sites for hydroxylation is 1. The molecule has 0 spiro atoms. The van der Waals surface area contributed by atoms with Gasteiger partial charge in [0.05, 0.1) is 5.52 Å². The van der Waals surface area contributed by atoms with Crippen molar-refractivity contribution in [2.45, 2.75) is 33.4 Å². The van der Waals surface area contributed by atoms with E-state index in [0.717, 1.165) is 25.3 Å². The minimum absolute atomic E-state index is 0.611. The first-order chi connectivity index (χ1) is 10.3. The lowest BCUT2D eigenvalue weighted by molar-refractivity contribution is 0.368. The monoisotopic (exact) mass is 284 g/mol. The van der Waals surface area contributed by atoms with Gasteiger partial charge in [-0.1, -0.05) is 37.2 Å². The van der Waals surface area contributed by atoms with Crippen LogP contribution in [0.25, 0.3) is 10.9 Å². The summed E-state index contributed by atoms with van der Waals surface area (Å²) in [6, 6.07) is 8.52. The molecule has 5 nitrogen and oxygen atoms in total. The maximum atomic E-state index is 5.30. The lowest BCUT2D eigenvalue weighted by Gasteiger charge is -2.08. The van der Waals surface area contributed by atoms with Gasteiger partial charge >= 0.3 is 0 Å². The largest absolute Gasteiger partial charge is 0.338 e. The quantitative estimate of drug-likeness (QED) is 0.756. The van der Waals surface area contributed by atoms with E-state index in [-0.39, 0.29) is 0 Å². The summed E-state index contributed by atoms with van der Waals surface area (Å²) in [5.74, 6) is 1.41. The Bertz CT molecular complexity index is 729. The van der Waals surface area contributed by atoms with E-state index in [1.54, 1.807) is 0 Å². The average molecular weight is 284 g/mol. The molecule has 0 bridgehead atoms. The van der Waals surface area contributed by atoms with Crippen molar-refractivity contribution >= 4 is 10.9 Å². The molecule has 1 N–H and O–H groups in total. The number of nitrogens with one attached hydrogen (secondary N) is 1. The molecule has 2 aromatic heterocycles. The molecule has 0 saturated carbocycles. The molecular weight excluding hydrogens is 264 g/mol. The predicted octanol–water partition coefficient (Wildman–Crippen LogP) is 2.74. The highest BCUT2D eigenvalue weighted by atomic mass is 16.5. The Hall–Kier alpha value is -2.14. The van der Waals surface area contributed by atoms with Crippen molar-refractivity contribution in [3.8, 4) is 0 Å². The molecule has 2 heterocycles. The summed E-state index contributed by atoms with van der Waals surface area (Å²) < 4.78 is 7.48. The van der Waals surface area contributed by atoms with E-state index in [4.69, 9.17) is 4.52 Å². The average Bonchev–Trinajstić information content (AvgIpc) is 3.13. The maximum absolute atomic E-state index is 5.30. The summed E-state index contributed by atoms with van der Waals surface area (Å²) in [5, 5.41) is 8.58. The van der Waals surface area contributed by atoms with Crippen LogP contribution in [0.2, 0.25) is 0 Å². The highest BCUT2D eigenvalue weighted by molar-refractivity contribution is 5.83. The molecule has 110 valence electrons. The molecule has 0 radical (unpaired) electrons. The maximum Gasteiger partial charge on any atom is 0.246 e. The van der Waals surface area contributed by atoms with E-state index in [1.807, 2.05) is 6.92 Å². The van der Waals surface area contributed by atoms with Crippen LogP contribution >= 0.6 is 0 Å². The SMILES string of the molecule is CCNCc1cccc2ccn(Cc3nc(CC)no3)c12. The topological polar surface area (TPSA) is 55.9 Å². The fourth-order valence-corrected chi connectivity index (χ4v) is 2.52. The van der Waals surface area contributed by atoms with Crippen molar-refractivity contribution in [3.05, 3.63) is 47.7 Å². The molecule has 0 atom stereocenters. The van der Waals surface area contributed by atoms with Crippen LogP contribution in [0.1, 0.15) is 31.1 Å². The van der Waals surface area contributed by atoms with E-state index in [1.165, 1.54) is 16.5 Å². The number of hydrogen-bond donors (Lipinski definition) is 1. The van der Waals surface area contributed by atoms with Gasteiger partial charge in [0, 0.05) is 19.2 Å². The van der Waals surface area contributed by atoms with E-state index in [0.29, 0.717) is 12.4 Å². The van der Waals surface area contributed by atoms with E-state index < -0.39 is 0 Å². The van der Waals surface area contributed by atoms with Gasteiger partial charge in [-0.15, -0.1) is 0 Å². The number of aromatic nitrogens is 3. The summed E-state index contributed by atoms with van der Waals surface area (Å²) in [6.07, 6.45) is 2.87. The van der Waals surface area contributed by atoms with Gasteiger partial charge in [-0.05, 0) is 23.6 Å². The number of benzene rings is 1. The van der Waals surface area contributed by atoms with Crippen LogP contribution in [0.5, 0.6) is 0 Å². The minimum Gasteiger partial charge on any atom is -0.338 e. The number of para-hydroxylation sites is 1. The van der Waals surface area contributed by atoms with Gasteiger partial charge < -0.3 is 14.4 Å². The van der Waals surface area contributed by atoms with Gasteiger partial charge in [-0.2, -0.15) is 4.98 Å². The molecular formula is C16H20N4O. The molecule has 3 aromatic rings. The predicted molar refractivity (Wildman–Crippen MR) is 82.1 cm³/mol. The zero-order chi connectivity index (χ0) is 14.7. The van der Waals surface area contributed by atoms with Gasteiger partial charge in [-0.25, -0.2) is 0 Å². The molecule has 3 rings (SSSR count). The lowest BCUT2D eigenvalue weighted by Crippen LogP contribution is -2.13. The Morgan fingerprint density at radius 1 is 1.24 bits per heavy atom. The summed E-state index contributed by atoms with van der Waals surface area (Å²) in [5.41, 5.74) is 2.52. The van der Waals surface area contributed by atoms with Crippen molar-refractivity contribution in [2.24, 2.45) is 0 Å². The lowest BCUT2D eigenvalue weighted by atomic mass is 10.1. The summed E-state index contributed by atoms with van der Waals surface area (Å²) in [7, 11) is 0. The van der Waals surface area contributed by atoms with Crippen LogP contribution in [0, 0.1) is 0 Å². The second-order valence-electron chi connectivity index (χ2n) is 5.04. The molecule has 1 aromatic carbocycles. The number of rotatable bonds is 6. The fourth-order valence-electron chi connectivity index (χ4n) is 2.52. The molecule has 0 fully saturated rings. The normalized spacial score (nSPS) is 11.3. The van der Waals surface area contributed by atoms with E-state index >= 15 is 0 Å². The van der Waals surface area contributed by atoms with Gasteiger partial charge in [0.1, 0.15) is 6.54 Å². The summed E-state index contributed by atoms with van der Waals surface area (Å²) >= 11 is 0. The molecule has 5 heteroatoms. The standard InChI is InChI=1S/C16H20N4O/c1-3-14-18-15(21-19-14)11-20-9-8-12-6-5-7-13(16(12)20)10-17-4-2/h5-9,17H,3-4,10-11H2,1-2H3. The van der Waals surface area contributed by atoms with Crippen molar-refractivity contribution in [1.29, 1.82) is 0 Å². The molecule has 0 aliphatic rings. The van der Waals surface area contributed by atoms with Crippen LogP contribution < -0.4 is 5.32 Å². The Labute approximate surface area is 124 Å². The van der Waals surface area contributed by atoms with Gasteiger partial charge in [-0.3, -0.25) is 0 Å².